The summed E-state index contributed by atoms with van der Waals surface area (Å²) in [6.45, 7) is 3.44. The second-order valence-electron chi connectivity index (χ2n) is 8.59. The van der Waals surface area contributed by atoms with E-state index in [-0.39, 0.29) is 10.8 Å². The Morgan fingerprint density at radius 1 is 0.972 bits per heavy atom. The number of carbonyl (C=O) groups excluding carboxylic acids is 1. The van der Waals surface area contributed by atoms with Crippen LogP contribution in [0.25, 0.3) is 10.9 Å². The average molecular weight is 522 g/mol. The second-order valence-corrected chi connectivity index (χ2v) is 10.7. The smallest absolute Gasteiger partial charge is 0.264 e. The second kappa shape index (κ2) is 10.2. The highest BCUT2D eigenvalue weighted by Crippen LogP contribution is 2.24. The molecule has 0 bridgehead atoms. The Balaban J connectivity index is 1.21. The molecule has 0 spiro atoms. The Morgan fingerprint density at radius 3 is 2.47 bits per heavy atom. The number of nitrogens with one attached hydrogen (secondary N) is 1. The molecule has 1 aliphatic heterocycles. The number of carbonyl (C=O) groups is 1. The minimum atomic E-state index is -3.85. The van der Waals surface area contributed by atoms with Crippen LogP contribution >= 0.6 is 11.6 Å². The van der Waals surface area contributed by atoms with Gasteiger partial charge in [0.25, 0.3) is 15.9 Å². The van der Waals surface area contributed by atoms with E-state index in [1.54, 1.807) is 55.0 Å². The van der Waals surface area contributed by atoms with Crippen LogP contribution in [-0.2, 0) is 16.6 Å². The summed E-state index contributed by atoms with van der Waals surface area (Å²) in [4.78, 5) is 25.5. The van der Waals surface area contributed by atoms with Crippen molar-refractivity contribution in [1.82, 2.24) is 19.8 Å². The molecule has 8 nitrogen and oxygen atoms in total. The Hall–Kier alpha value is -3.53. The summed E-state index contributed by atoms with van der Waals surface area (Å²) in [6.07, 6.45) is 4.98. The third-order valence-corrected chi connectivity index (χ3v) is 7.72. The summed E-state index contributed by atoms with van der Waals surface area (Å²) < 4.78 is 28.6. The van der Waals surface area contributed by atoms with E-state index in [1.165, 1.54) is 6.07 Å². The lowest BCUT2D eigenvalue weighted by Gasteiger charge is -2.34. The summed E-state index contributed by atoms with van der Waals surface area (Å²) >= 11 is 6.02. The van der Waals surface area contributed by atoms with Crippen molar-refractivity contribution in [3.05, 3.63) is 95.4 Å². The molecule has 184 valence electrons. The molecule has 2 aromatic carbocycles. The first kappa shape index (κ1) is 24.2. The van der Waals surface area contributed by atoms with Crippen molar-refractivity contribution < 1.29 is 13.2 Å². The predicted octanol–water partition coefficient (Wildman–Crippen LogP) is 4.04. The van der Waals surface area contributed by atoms with Gasteiger partial charge < -0.3 is 4.90 Å². The summed E-state index contributed by atoms with van der Waals surface area (Å²) in [5, 5.41) is 1.35. The van der Waals surface area contributed by atoms with Gasteiger partial charge in [0.05, 0.1) is 10.5 Å². The molecule has 1 amide bonds. The Labute approximate surface area is 214 Å². The zero-order valence-electron chi connectivity index (χ0n) is 19.3. The summed E-state index contributed by atoms with van der Waals surface area (Å²) in [5.74, 6) is -0.0771. The summed E-state index contributed by atoms with van der Waals surface area (Å²) in [6, 6.07) is 17.0. The van der Waals surface area contributed by atoms with Crippen molar-refractivity contribution in [3.63, 3.8) is 0 Å². The fourth-order valence-electron chi connectivity index (χ4n) is 4.28. The van der Waals surface area contributed by atoms with Crippen molar-refractivity contribution in [3.8, 4) is 0 Å². The number of piperazine rings is 1. The topological polar surface area (TPSA) is 95.5 Å². The molecule has 2 aromatic heterocycles. The van der Waals surface area contributed by atoms with E-state index in [1.807, 2.05) is 23.1 Å². The van der Waals surface area contributed by atoms with Crippen LogP contribution in [0.2, 0.25) is 5.02 Å². The fourth-order valence-corrected chi connectivity index (χ4v) is 5.71. The third-order valence-electron chi connectivity index (χ3n) is 6.10. The minimum absolute atomic E-state index is 0.0771. The van der Waals surface area contributed by atoms with E-state index in [9.17, 15) is 13.2 Å². The van der Waals surface area contributed by atoms with Crippen LogP contribution in [-0.4, -0.2) is 60.3 Å². The van der Waals surface area contributed by atoms with Crippen LogP contribution in [0.5, 0.6) is 0 Å². The first-order valence-corrected chi connectivity index (χ1v) is 13.3. The highest BCUT2D eigenvalue weighted by molar-refractivity contribution is 7.93. The number of nitrogens with zero attached hydrogens (tertiary/aromatic N) is 4. The van der Waals surface area contributed by atoms with Gasteiger partial charge in [-0.2, -0.15) is 0 Å². The number of rotatable bonds is 6. The fraction of sp³-hybridized carbons (Fsp3) is 0.192. The van der Waals surface area contributed by atoms with Gasteiger partial charge in [0.1, 0.15) is 4.90 Å². The zero-order valence-corrected chi connectivity index (χ0v) is 20.9. The van der Waals surface area contributed by atoms with Crippen LogP contribution in [0, 0.1) is 0 Å². The number of para-hydroxylation sites is 1. The number of anilines is 1. The molecule has 1 N–H and O–H groups in total. The number of pyridine rings is 2. The zero-order chi connectivity index (χ0) is 25.1. The number of hydrogen-bond acceptors (Lipinski definition) is 6. The summed E-state index contributed by atoms with van der Waals surface area (Å²) in [7, 11) is -3.85. The van der Waals surface area contributed by atoms with E-state index in [0.717, 1.165) is 30.6 Å². The minimum Gasteiger partial charge on any atom is -0.336 e. The Bertz CT molecular complexity index is 1500. The van der Waals surface area contributed by atoms with E-state index >= 15 is 0 Å². The molecule has 10 heteroatoms. The van der Waals surface area contributed by atoms with Gasteiger partial charge in [-0.25, -0.2) is 8.42 Å². The Morgan fingerprint density at radius 2 is 1.72 bits per heavy atom. The van der Waals surface area contributed by atoms with Gasteiger partial charge in [-0.05, 0) is 48.0 Å². The highest BCUT2D eigenvalue weighted by Gasteiger charge is 2.23. The lowest BCUT2D eigenvalue weighted by molar-refractivity contribution is 0.0628. The lowest BCUT2D eigenvalue weighted by Crippen LogP contribution is -2.48. The number of sulfonamides is 1. The average Bonchev–Trinajstić information content (AvgIpc) is 2.89. The van der Waals surface area contributed by atoms with E-state index in [2.05, 4.69) is 19.6 Å². The molecule has 36 heavy (non-hydrogen) atoms. The molecule has 0 radical (unpaired) electrons. The molecule has 3 heterocycles. The van der Waals surface area contributed by atoms with E-state index in [4.69, 9.17) is 11.6 Å². The largest absolute Gasteiger partial charge is 0.336 e. The van der Waals surface area contributed by atoms with Gasteiger partial charge in [0.15, 0.2) is 0 Å². The maximum Gasteiger partial charge on any atom is 0.264 e. The van der Waals surface area contributed by atoms with E-state index in [0.29, 0.717) is 34.9 Å². The van der Waals surface area contributed by atoms with Gasteiger partial charge in [0.2, 0.25) is 0 Å². The number of hydrogen-bond donors (Lipinski definition) is 1. The van der Waals surface area contributed by atoms with Crippen LogP contribution in [0.1, 0.15) is 15.9 Å². The molecule has 0 unspecified atom stereocenters. The molecule has 0 saturated carbocycles. The molecule has 1 aliphatic rings. The number of amides is 1. The molecule has 0 aliphatic carbocycles. The van der Waals surface area contributed by atoms with Gasteiger partial charge >= 0.3 is 0 Å². The van der Waals surface area contributed by atoms with Crippen molar-refractivity contribution in [1.29, 1.82) is 0 Å². The Kier molecular flexibility index (Phi) is 6.86. The van der Waals surface area contributed by atoms with Gasteiger partial charge in [-0.3, -0.25) is 24.4 Å². The monoisotopic (exact) mass is 521 g/mol. The van der Waals surface area contributed by atoms with Gasteiger partial charge in [-0.1, -0.05) is 29.8 Å². The SMILES string of the molecule is O=C(c1ccc(NS(=O)(=O)c2cccc3cccnc23)cc1)N1CCN(Cc2cncc(Cl)c2)CC1. The maximum atomic E-state index is 13.0. The first-order chi connectivity index (χ1) is 17.4. The molecule has 5 rings (SSSR count). The van der Waals surface area contributed by atoms with Crippen LogP contribution in [0.15, 0.2) is 84.1 Å². The predicted molar refractivity (Wildman–Crippen MR) is 139 cm³/mol. The standard InChI is InChI=1S/C26H24ClN5O3S/c27-22-15-19(16-28-17-22)18-31-11-13-32(14-12-31)26(33)21-6-8-23(9-7-21)30-36(34,35)24-5-1-3-20-4-2-10-29-25(20)24/h1-10,15-17,30H,11-14,18H2. The number of benzene rings is 2. The third kappa shape index (κ3) is 5.33. The summed E-state index contributed by atoms with van der Waals surface area (Å²) in [5.41, 5.74) is 2.33. The lowest BCUT2D eigenvalue weighted by atomic mass is 10.1. The molecule has 4 aromatic rings. The van der Waals surface area contributed by atoms with Gasteiger partial charge in [0, 0.05) is 68.0 Å². The molecule has 1 saturated heterocycles. The molecular formula is C26H24ClN5O3S. The normalized spacial score (nSPS) is 14.6. The van der Waals surface area contributed by atoms with Crippen LogP contribution in [0.3, 0.4) is 0 Å². The molecular weight excluding hydrogens is 498 g/mol. The highest BCUT2D eigenvalue weighted by atomic mass is 35.5. The van der Waals surface area contributed by atoms with Crippen LogP contribution < -0.4 is 4.72 Å². The van der Waals surface area contributed by atoms with Gasteiger partial charge in [-0.15, -0.1) is 0 Å². The number of halogens is 1. The number of fused-ring (bicyclic) bond motifs is 1. The van der Waals surface area contributed by atoms with Crippen molar-refractivity contribution in [2.45, 2.75) is 11.4 Å². The molecule has 0 atom stereocenters. The van der Waals surface area contributed by atoms with Crippen LogP contribution in [0.4, 0.5) is 5.69 Å². The van der Waals surface area contributed by atoms with Crippen molar-refractivity contribution in [2.75, 3.05) is 30.9 Å². The molecule has 1 fully saturated rings. The first-order valence-electron chi connectivity index (χ1n) is 11.5. The van der Waals surface area contributed by atoms with Crippen molar-refractivity contribution >= 4 is 44.1 Å². The van der Waals surface area contributed by atoms with E-state index < -0.39 is 10.0 Å². The maximum absolute atomic E-state index is 13.0. The quantitative estimate of drug-likeness (QED) is 0.411. The number of aromatic nitrogens is 2. The van der Waals surface area contributed by atoms with Crippen molar-refractivity contribution in [2.24, 2.45) is 0 Å².